The minimum Gasteiger partial charge on any atom is -0.481 e. The van der Waals surface area contributed by atoms with Crippen molar-refractivity contribution >= 4 is 21.9 Å². The van der Waals surface area contributed by atoms with Crippen LogP contribution in [0.2, 0.25) is 0 Å². The number of ketones is 1. The largest absolute Gasteiger partial charge is 0.534 e. The van der Waals surface area contributed by atoms with E-state index in [0.29, 0.717) is 5.56 Å². The summed E-state index contributed by atoms with van der Waals surface area (Å²) in [7, 11) is -5.78. The zero-order valence-electron chi connectivity index (χ0n) is 11.5. The highest BCUT2D eigenvalue weighted by atomic mass is 32.2. The van der Waals surface area contributed by atoms with Gasteiger partial charge in [-0.1, -0.05) is 0 Å². The van der Waals surface area contributed by atoms with Gasteiger partial charge in [0.05, 0.1) is 6.42 Å². The van der Waals surface area contributed by atoms with E-state index in [9.17, 15) is 31.2 Å². The Hall–Kier alpha value is -2.10. The number of aryl methyl sites for hydroxylation is 1. The Morgan fingerprint density at radius 3 is 2.57 bits per heavy atom. The van der Waals surface area contributed by atoms with Crippen molar-refractivity contribution < 1.29 is 40.5 Å². The molecule has 2 rings (SSSR count). The lowest BCUT2D eigenvalue weighted by molar-refractivity contribution is -0.137. The fraction of sp³-hybridized carbons (Fsp3) is 0.385. The molecule has 1 aromatic carbocycles. The Labute approximate surface area is 129 Å². The monoisotopic (exact) mass is 352 g/mol. The number of carboxylic acid groups (broad SMARTS) is 1. The number of hydrogen-bond acceptors (Lipinski definition) is 5. The van der Waals surface area contributed by atoms with E-state index >= 15 is 0 Å². The zero-order chi connectivity index (χ0) is 17.4. The molecule has 0 saturated carbocycles. The highest BCUT2D eigenvalue weighted by Gasteiger charge is 2.48. The summed E-state index contributed by atoms with van der Waals surface area (Å²) in [6.45, 7) is 0. The molecule has 0 radical (unpaired) electrons. The van der Waals surface area contributed by atoms with Gasteiger partial charge in [0.2, 0.25) is 0 Å². The fourth-order valence-electron chi connectivity index (χ4n) is 2.33. The predicted molar refractivity (Wildman–Crippen MR) is 70.4 cm³/mol. The third-order valence-electron chi connectivity index (χ3n) is 3.39. The van der Waals surface area contributed by atoms with E-state index in [1.54, 1.807) is 0 Å². The maximum Gasteiger partial charge on any atom is 0.534 e. The third kappa shape index (κ3) is 3.63. The summed E-state index contributed by atoms with van der Waals surface area (Å²) in [6.07, 6.45) is 0.120. The van der Waals surface area contributed by atoms with Crippen molar-refractivity contribution in [1.82, 2.24) is 0 Å². The summed E-state index contributed by atoms with van der Waals surface area (Å²) in [4.78, 5) is 22.8. The van der Waals surface area contributed by atoms with E-state index in [0.717, 1.165) is 18.2 Å². The van der Waals surface area contributed by atoms with E-state index in [1.807, 2.05) is 0 Å². The van der Waals surface area contributed by atoms with Crippen molar-refractivity contribution in [2.45, 2.75) is 24.8 Å². The minimum atomic E-state index is -5.78. The maximum atomic E-state index is 12.3. The number of carbonyl (C=O) groups is 2. The second-order valence-electron chi connectivity index (χ2n) is 5.00. The maximum absolute atomic E-state index is 12.3. The van der Waals surface area contributed by atoms with Gasteiger partial charge in [0.15, 0.2) is 5.78 Å². The average Bonchev–Trinajstić information content (AvgIpc) is 2.40. The first-order valence-electron chi connectivity index (χ1n) is 6.41. The summed E-state index contributed by atoms with van der Waals surface area (Å²) in [6, 6.07) is 3.13. The molecule has 0 aromatic heterocycles. The van der Waals surface area contributed by atoms with Crippen molar-refractivity contribution in [3.8, 4) is 5.75 Å². The van der Waals surface area contributed by atoms with Crippen molar-refractivity contribution in [3.63, 3.8) is 0 Å². The summed E-state index contributed by atoms with van der Waals surface area (Å²) < 4.78 is 62.7. The van der Waals surface area contributed by atoms with Crippen LogP contribution in [0.15, 0.2) is 18.2 Å². The number of carboxylic acids is 1. The number of fused-ring (bicyclic) bond motifs is 1. The van der Waals surface area contributed by atoms with E-state index in [-0.39, 0.29) is 24.8 Å². The van der Waals surface area contributed by atoms with Crippen molar-refractivity contribution in [1.29, 1.82) is 0 Å². The number of hydrogen-bond donors (Lipinski definition) is 1. The molecule has 1 N–H and O–H groups in total. The van der Waals surface area contributed by atoms with Gasteiger partial charge in [-0.05, 0) is 36.6 Å². The lowest BCUT2D eigenvalue weighted by atomic mass is 9.81. The average molecular weight is 352 g/mol. The number of aliphatic carboxylic acids is 1. The molecule has 0 bridgehead atoms. The van der Waals surface area contributed by atoms with Crippen LogP contribution in [-0.2, 0) is 21.3 Å². The van der Waals surface area contributed by atoms with Gasteiger partial charge in [-0.15, -0.1) is 0 Å². The lowest BCUT2D eigenvalue weighted by Crippen LogP contribution is -2.28. The number of carbonyl (C=O) groups excluding carboxylic acids is 1. The lowest BCUT2D eigenvalue weighted by Gasteiger charge is -2.22. The summed E-state index contributed by atoms with van der Waals surface area (Å²) in [5.74, 6) is -2.81. The molecule has 0 saturated heterocycles. The molecule has 0 amide bonds. The Balaban J connectivity index is 2.26. The molecular formula is C13H11F3O6S. The molecule has 1 atom stereocenters. The fourth-order valence-corrected chi connectivity index (χ4v) is 2.78. The number of alkyl halides is 3. The molecule has 0 aliphatic heterocycles. The van der Waals surface area contributed by atoms with Crippen LogP contribution >= 0.6 is 0 Å². The third-order valence-corrected chi connectivity index (χ3v) is 4.36. The zero-order valence-corrected chi connectivity index (χ0v) is 12.3. The quantitative estimate of drug-likeness (QED) is 0.659. The van der Waals surface area contributed by atoms with Gasteiger partial charge in [0.1, 0.15) is 5.75 Å². The first-order chi connectivity index (χ1) is 10.5. The predicted octanol–water partition coefficient (Wildman–Crippen LogP) is 2.13. The Morgan fingerprint density at radius 1 is 1.35 bits per heavy atom. The minimum absolute atomic E-state index is 0.166. The number of benzene rings is 1. The van der Waals surface area contributed by atoms with Gasteiger partial charge in [-0.25, -0.2) is 0 Å². The summed E-state index contributed by atoms with van der Waals surface area (Å²) in [5.41, 5.74) is -5.06. The topological polar surface area (TPSA) is 97.7 Å². The van der Waals surface area contributed by atoms with E-state index < -0.39 is 39.0 Å². The van der Waals surface area contributed by atoms with Gasteiger partial charge in [0.25, 0.3) is 0 Å². The van der Waals surface area contributed by atoms with Gasteiger partial charge in [-0.3, -0.25) is 9.59 Å². The molecule has 10 heteroatoms. The van der Waals surface area contributed by atoms with Crippen LogP contribution in [0.25, 0.3) is 0 Å². The number of rotatable bonds is 4. The smallest absolute Gasteiger partial charge is 0.481 e. The van der Waals surface area contributed by atoms with E-state index in [4.69, 9.17) is 5.11 Å². The van der Waals surface area contributed by atoms with Crippen LogP contribution < -0.4 is 4.18 Å². The van der Waals surface area contributed by atoms with Crippen LogP contribution in [-0.4, -0.2) is 30.8 Å². The number of Topliss-reactive ketones (excluding diaryl/α,β-unsaturated/α-hetero) is 1. The summed E-state index contributed by atoms with van der Waals surface area (Å²) in [5, 5.41) is 8.73. The standard InChI is InChI=1S/C13H11F3O6S/c14-13(15,16)23(20,21)22-9-3-4-10-7(5-9)1-2-8(12(10)19)6-11(17)18/h3-5,8H,1-2,6H2,(H,17,18). The van der Waals surface area contributed by atoms with Gasteiger partial charge in [-0.2, -0.15) is 21.6 Å². The van der Waals surface area contributed by atoms with Crippen LogP contribution in [0.3, 0.4) is 0 Å². The molecule has 6 nitrogen and oxygen atoms in total. The van der Waals surface area contributed by atoms with E-state index in [1.165, 1.54) is 0 Å². The van der Waals surface area contributed by atoms with Gasteiger partial charge in [0, 0.05) is 11.5 Å². The van der Waals surface area contributed by atoms with Gasteiger partial charge >= 0.3 is 21.6 Å². The Bertz CT molecular complexity index is 753. The molecule has 0 fully saturated rings. The second kappa shape index (κ2) is 5.84. The highest BCUT2D eigenvalue weighted by molar-refractivity contribution is 7.88. The van der Waals surface area contributed by atoms with Crippen molar-refractivity contribution in [3.05, 3.63) is 29.3 Å². The molecule has 1 aromatic rings. The molecule has 1 unspecified atom stereocenters. The van der Waals surface area contributed by atoms with Gasteiger partial charge < -0.3 is 9.29 Å². The SMILES string of the molecule is O=C(O)CC1CCc2cc(OS(=O)(=O)C(F)(F)F)ccc2C1=O. The second-order valence-corrected chi connectivity index (χ2v) is 6.54. The molecular weight excluding hydrogens is 341 g/mol. The normalized spacial score (nSPS) is 18.4. The van der Waals surface area contributed by atoms with Crippen molar-refractivity contribution in [2.75, 3.05) is 0 Å². The number of halogens is 3. The molecule has 0 heterocycles. The molecule has 126 valence electrons. The first-order valence-corrected chi connectivity index (χ1v) is 7.82. The van der Waals surface area contributed by atoms with Crippen molar-refractivity contribution in [2.24, 2.45) is 5.92 Å². The Morgan fingerprint density at radius 2 is 2.00 bits per heavy atom. The van der Waals surface area contributed by atoms with Crippen LogP contribution in [0.4, 0.5) is 13.2 Å². The first kappa shape index (κ1) is 17.3. The van der Waals surface area contributed by atoms with E-state index in [2.05, 4.69) is 4.18 Å². The molecule has 0 spiro atoms. The van der Waals surface area contributed by atoms with Crippen LogP contribution in [0.5, 0.6) is 5.75 Å². The Kier molecular flexibility index (Phi) is 4.38. The summed E-state index contributed by atoms with van der Waals surface area (Å²) >= 11 is 0. The molecule has 1 aliphatic carbocycles. The molecule has 1 aliphatic rings. The van der Waals surface area contributed by atoms with Crippen LogP contribution in [0.1, 0.15) is 28.8 Å². The highest BCUT2D eigenvalue weighted by Crippen LogP contribution is 2.32. The van der Waals surface area contributed by atoms with Crippen LogP contribution in [0, 0.1) is 5.92 Å². The molecule has 23 heavy (non-hydrogen) atoms.